The van der Waals surface area contributed by atoms with Crippen molar-refractivity contribution in [2.45, 2.75) is 13.5 Å². The zero-order valence-corrected chi connectivity index (χ0v) is 11.5. The zero-order chi connectivity index (χ0) is 14.3. The number of halogens is 2. The summed E-state index contributed by atoms with van der Waals surface area (Å²) in [6.07, 6.45) is 3.39. The first-order valence-corrected chi connectivity index (χ1v) is 6.45. The highest BCUT2D eigenvalue weighted by atomic mass is 32.1. The van der Waals surface area contributed by atoms with Crippen LogP contribution < -0.4 is 0 Å². The number of aryl methyl sites for hydroxylation is 1. The highest BCUT2D eigenvalue weighted by Crippen LogP contribution is 2.22. The smallest absolute Gasteiger partial charge is 0.184 e. The van der Waals surface area contributed by atoms with E-state index >= 15 is 0 Å². The van der Waals surface area contributed by atoms with E-state index in [1.807, 2.05) is 13.0 Å². The Kier molecular flexibility index (Phi) is 3.10. The second-order valence-electron chi connectivity index (χ2n) is 4.58. The molecule has 0 amide bonds. The van der Waals surface area contributed by atoms with Crippen molar-refractivity contribution < 1.29 is 8.78 Å². The van der Waals surface area contributed by atoms with E-state index in [0.29, 0.717) is 16.8 Å². The van der Waals surface area contributed by atoms with E-state index in [-0.39, 0.29) is 5.52 Å². The van der Waals surface area contributed by atoms with Crippen molar-refractivity contribution in [3.8, 4) is 0 Å². The number of fused-ring (bicyclic) bond motifs is 1. The summed E-state index contributed by atoms with van der Waals surface area (Å²) in [6, 6.07) is 4.43. The van der Waals surface area contributed by atoms with Crippen molar-refractivity contribution in [3.63, 3.8) is 0 Å². The number of hydrogen-bond donors (Lipinski definition) is 1. The number of nitrogens with one attached hydrogen (secondary N) is 1. The van der Waals surface area contributed by atoms with Gasteiger partial charge >= 0.3 is 0 Å². The van der Waals surface area contributed by atoms with Crippen LogP contribution in [0.5, 0.6) is 0 Å². The second kappa shape index (κ2) is 4.79. The maximum Gasteiger partial charge on any atom is 0.184 e. The fourth-order valence-corrected chi connectivity index (χ4v) is 2.44. The summed E-state index contributed by atoms with van der Waals surface area (Å²) in [5, 5.41) is 0. The van der Waals surface area contributed by atoms with Crippen molar-refractivity contribution in [1.29, 1.82) is 0 Å². The van der Waals surface area contributed by atoms with E-state index in [9.17, 15) is 8.78 Å². The van der Waals surface area contributed by atoms with Crippen LogP contribution in [0.4, 0.5) is 8.78 Å². The third-order valence-corrected chi connectivity index (χ3v) is 3.62. The molecule has 102 valence electrons. The van der Waals surface area contributed by atoms with Crippen LogP contribution in [0, 0.1) is 23.3 Å². The molecule has 0 saturated carbocycles. The van der Waals surface area contributed by atoms with Gasteiger partial charge in [0.25, 0.3) is 0 Å². The summed E-state index contributed by atoms with van der Waals surface area (Å²) in [7, 11) is 0. The standard InChI is InChI=1S/C14H11F2N3S/c1-8-4-5-17-6-9(8)7-19-13-11(18-14(19)20)3-2-10(15)12(13)16/h2-6H,7H2,1H3,(H,18,20). The number of aromatic nitrogens is 3. The molecule has 3 rings (SSSR count). The minimum Gasteiger partial charge on any atom is -0.330 e. The molecule has 0 radical (unpaired) electrons. The third-order valence-electron chi connectivity index (χ3n) is 3.30. The van der Waals surface area contributed by atoms with Gasteiger partial charge in [0.2, 0.25) is 0 Å². The fourth-order valence-electron chi connectivity index (χ4n) is 2.17. The molecule has 1 N–H and O–H groups in total. The van der Waals surface area contributed by atoms with Gasteiger partial charge in [0.15, 0.2) is 16.4 Å². The summed E-state index contributed by atoms with van der Waals surface area (Å²) < 4.78 is 29.3. The van der Waals surface area contributed by atoms with Crippen LogP contribution in [-0.2, 0) is 6.54 Å². The molecule has 2 heterocycles. The number of H-pyrrole nitrogens is 1. The lowest BCUT2D eigenvalue weighted by Gasteiger charge is -2.08. The number of benzene rings is 1. The molecule has 0 bridgehead atoms. The number of imidazole rings is 1. The molecule has 20 heavy (non-hydrogen) atoms. The Morgan fingerprint density at radius 3 is 2.85 bits per heavy atom. The molecule has 0 spiro atoms. The SMILES string of the molecule is Cc1ccncc1Cn1c(=S)[nH]c2ccc(F)c(F)c21. The summed E-state index contributed by atoms with van der Waals surface area (Å²) in [6.45, 7) is 2.28. The van der Waals surface area contributed by atoms with Gasteiger partial charge in [0.1, 0.15) is 5.52 Å². The van der Waals surface area contributed by atoms with Crippen LogP contribution in [0.1, 0.15) is 11.1 Å². The van der Waals surface area contributed by atoms with E-state index in [1.54, 1.807) is 17.0 Å². The minimum absolute atomic E-state index is 0.151. The maximum absolute atomic E-state index is 14.0. The molecule has 6 heteroatoms. The van der Waals surface area contributed by atoms with Gasteiger partial charge in [0, 0.05) is 12.4 Å². The van der Waals surface area contributed by atoms with Crippen molar-refractivity contribution in [1.82, 2.24) is 14.5 Å². The van der Waals surface area contributed by atoms with Crippen LogP contribution in [0.2, 0.25) is 0 Å². The summed E-state index contributed by atoms with van der Waals surface area (Å²) in [4.78, 5) is 6.94. The summed E-state index contributed by atoms with van der Waals surface area (Å²) in [5.41, 5.74) is 2.56. The first-order valence-electron chi connectivity index (χ1n) is 6.04. The second-order valence-corrected chi connectivity index (χ2v) is 4.96. The molecule has 0 aliphatic rings. The lowest BCUT2D eigenvalue weighted by molar-refractivity contribution is 0.512. The Bertz CT molecular complexity index is 851. The fraction of sp³-hybridized carbons (Fsp3) is 0.143. The molecule has 1 aromatic carbocycles. The van der Waals surface area contributed by atoms with Gasteiger partial charge in [-0.1, -0.05) is 0 Å². The molecule has 0 fully saturated rings. The van der Waals surface area contributed by atoms with Crippen LogP contribution >= 0.6 is 12.2 Å². The number of nitrogens with zero attached hydrogens (tertiary/aromatic N) is 2. The Morgan fingerprint density at radius 1 is 1.30 bits per heavy atom. The lowest BCUT2D eigenvalue weighted by atomic mass is 10.1. The molecule has 0 atom stereocenters. The minimum atomic E-state index is -0.892. The van der Waals surface area contributed by atoms with Crippen molar-refractivity contribution >= 4 is 23.3 Å². The normalized spacial score (nSPS) is 11.2. The average molecular weight is 291 g/mol. The van der Waals surface area contributed by atoms with Crippen molar-refractivity contribution in [2.75, 3.05) is 0 Å². The number of pyridine rings is 1. The Hall–Kier alpha value is -2.08. The van der Waals surface area contributed by atoms with Gasteiger partial charge in [-0.15, -0.1) is 0 Å². The van der Waals surface area contributed by atoms with E-state index in [4.69, 9.17) is 12.2 Å². The Labute approximate surface area is 118 Å². The van der Waals surface area contributed by atoms with Crippen LogP contribution in [-0.4, -0.2) is 14.5 Å². The average Bonchev–Trinajstić information content (AvgIpc) is 2.74. The Morgan fingerprint density at radius 2 is 2.10 bits per heavy atom. The zero-order valence-electron chi connectivity index (χ0n) is 10.7. The van der Waals surface area contributed by atoms with Crippen molar-refractivity contribution in [2.24, 2.45) is 0 Å². The predicted octanol–water partition coefficient (Wildman–Crippen LogP) is 3.73. The first-order chi connectivity index (χ1) is 9.58. The van der Waals surface area contributed by atoms with E-state index in [1.165, 1.54) is 6.07 Å². The molecule has 2 aromatic heterocycles. The topological polar surface area (TPSA) is 33.6 Å². The highest BCUT2D eigenvalue weighted by Gasteiger charge is 2.14. The molecule has 3 nitrogen and oxygen atoms in total. The molecule has 3 aromatic rings. The van der Waals surface area contributed by atoms with Crippen molar-refractivity contribution in [3.05, 3.63) is 58.1 Å². The molecule has 0 unspecified atom stereocenters. The summed E-state index contributed by atoms with van der Waals surface area (Å²) in [5.74, 6) is -1.78. The molecule has 0 aliphatic heterocycles. The van der Waals surface area contributed by atoms with Gasteiger partial charge in [-0.05, 0) is 48.5 Å². The molecule has 0 saturated heterocycles. The van der Waals surface area contributed by atoms with Crippen LogP contribution in [0.15, 0.2) is 30.6 Å². The van der Waals surface area contributed by atoms with Crippen LogP contribution in [0.3, 0.4) is 0 Å². The predicted molar refractivity (Wildman–Crippen MR) is 75.1 cm³/mol. The number of hydrogen-bond acceptors (Lipinski definition) is 2. The van der Waals surface area contributed by atoms with E-state index in [2.05, 4.69) is 9.97 Å². The van der Waals surface area contributed by atoms with Gasteiger partial charge in [-0.3, -0.25) is 4.98 Å². The van der Waals surface area contributed by atoms with E-state index in [0.717, 1.165) is 17.2 Å². The van der Waals surface area contributed by atoms with Gasteiger partial charge in [-0.2, -0.15) is 0 Å². The first kappa shape index (κ1) is 12.9. The Balaban J connectivity index is 2.22. The molecular weight excluding hydrogens is 280 g/mol. The maximum atomic E-state index is 14.0. The lowest BCUT2D eigenvalue weighted by Crippen LogP contribution is -2.03. The number of rotatable bonds is 2. The highest BCUT2D eigenvalue weighted by molar-refractivity contribution is 7.71. The third kappa shape index (κ3) is 2.02. The van der Waals surface area contributed by atoms with Gasteiger partial charge in [0.05, 0.1) is 12.1 Å². The van der Waals surface area contributed by atoms with Crippen LogP contribution in [0.25, 0.3) is 11.0 Å². The molecular formula is C14H11F2N3S. The van der Waals surface area contributed by atoms with E-state index < -0.39 is 11.6 Å². The molecule has 0 aliphatic carbocycles. The summed E-state index contributed by atoms with van der Waals surface area (Å²) >= 11 is 5.20. The monoisotopic (exact) mass is 291 g/mol. The van der Waals surface area contributed by atoms with Gasteiger partial charge in [-0.25, -0.2) is 8.78 Å². The van der Waals surface area contributed by atoms with Gasteiger partial charge < -0.3 is 9.55 Å². The number of aromatic amines is 1. The largest absolute Gasteiger partial charge is 0.330 e. The quantitative estimate of drug-likeness (QED) is 0.730.